The summed E-state index contributed by atoms with van der Waals surface area (Å²) in [5, 5.41) is 0. The summed E-state index contributed by atoms with van der Waals surface area (Å²) in [5.41, 5.74) is 2.56. The van der Waals surface area contributed by atoms with Crippen molar-refractivity contribution in [1.82, 2.24) is 4.90 Å². The monoisotopic (exact) mass is 287 g/mol. The van der Waals surface area contributed by atoms with Crippen LogP contribution in [0.15, 0.2) is 47.7 Å². The Balaban J connectivity index is 2.63. The molecule has 1 rings (SSSR count). The van der Waals surface area contributed by atoms with Crippen LogP contribution >= 0.6 is 0 Å². The van der Waals surface area contributed by atoms with Gasteiger partial charge < -0.3 is 4.90 Å². The van der Waals surface area contributed by atoms with Gasteiger partial charge in [-0.25, -0.2) is 4.58 Å². The fourth-order valence-electron chi connectivity index (χ4n) is 2.25. The van der Waals surface area contributed by atoms with E-state index in [-0.39, 0.29) is 0 Å². The smallest absolute Gasteiger partial charge is 0.170 e. The minimum Gasteiger partial charge on any atom is -0.377 e. The van der Waals surface area contributed by atoms with Crippen LogP contribution in [-0.4, -0.2) is 42.9 Å². The lowest BCUT2D eigenvalue weighted by molar-refractivity contribution is -0.458. The van der Waals surface area contributed by atoms with E-state index in [1.807, 2.05) is 0 Å². The molecule has 116 valence electrons. The lowest BCUT2D eigenvalue weighted by Gasteiger charge is -2.19. The zero-order chi connectivity index (χ0) is 15.5. The highest BCUT2D eigenvalue weighted by atomic mass is 15.1. The van der Waals surface area contributed by atoms with Gasteiger partial charge in [-0.1, -0.05) is 44.9 Å². The van der Waals surface area contributed by atoms with Crippen molar-refractivity contribution in [2.24, 2.45) is 0 Å². The molecule has 0 aromatic heterocycles. The first-order valence-corrected chi connectivity index (χ1v) is 8.20. The highest BCUT2D eigenvalue weighted by Crippen LogP contribution is 2.16. The number of allylic oxidation sites excluding steroid dienone is 7. The molecule has 0 heterocycles. The molecule has 0 amide bonds. The molecule has 1 aliphatic rings. The van der Waals surface area contributed by atoms with Crippen LogP contribution in [0.5, 0.6) is 0 Å². The molecule has 2 nitrogen and oxygen atoms in total. The maximum Gasteiger partial charge on any atom is 0.170 e. The summed E-state index contributed by atoms with van der Waals surface area (Å²) in [7, 11) is 4.12. The predicted molar refractivity (Wildman–Crippen MR) is 94.0 cm³/mol. The topological polar surface area (TPSA) is 6.25 Å². The van der Waals surface area contributed by atoms with Gasteiger partial charge in [0.15, 0.2) is 6.21 Å². The summed E-state index contributed by atoms with van der Waals surface area (Å²) >= 11 is 0. The van der Waals surface area contributed by atoms with Crippen LogP contribution in [0.3, 0.4) is 0 Å². The fourth-order valence-corrected chi connectivity index (χ4v) is 2.25. The van der Waals surface area contributed by atoms with Crippen molar-refractivity contribution in [3.05, 3.63) is 47.7 Å². The van der Waals surface area contributed by atoms with Crippen molar-refractivity contribution in [2.45, 2.75) is 39.5 Å². The van der Waals surface area contributed by atoms with Crippen LogP contribution in [0, 0.1) is 0 Å². The van der Waals surface area contributed by atoms with Gasteiger partial charge in [0.1, 0.15) is 14.1 Å². The molecule has 0 fully saturated rings. The number of nitrogens with zero attached hydrogens (tertiary/aromatic N) is 2. The van der Waals surface area contributed by atoms with Crippen LogP contribution < -0.4 is 0 Å². The van der Waals surface area contributed by atoms with Crippen molar-refractivity contribution >= 4 is 6.21 Å². The first kappa shape index (κ1) is 17.5. The SMILES string of the molecule is CCCCN(/C=C/C=C1/C=CC=C1C=[N+](C)C)CCCC. The summed E-state index contributed by atoms with van der Waals surface area (Å²) in [6.45, 7) is 6.83. The number of hydrogen-bond donors (Lipinski definition) is 0. The molecule has 0 saturated carbocycles. The van der Waals surface area contributed by atoms with Gasteiger partial charge in [0.2, 0.25) is 0 Å². The minimum atomic E-state index is 1.17. The highest BCUT2D eigenvalue weighted by Gasteiger charge is 2.06. The molecule has 0 aromatic carbocycles. The summed E-state index contributed by atoms with van der Waals surface area (Å²) in [6.07, 6.45) is 20.3. The van der Waals surface area contributed by atoms with E-state index in [4.69, 9.17) is 0 Å². The van der Waals surface area contributed by atoms with Crippen molar-refractivity contribution < 1.29 is 4.58 Å². The summed E-state index contributed by atoms with van der Waals surface area (Å²) in [4.78, 5) is 2.45. The lowest BCUT2D eigenvalue weighted by Crippen LogP contribution is -2.19. The van der Waals surface area contributed by atoms with Crippen LogP contribution in [-0.2, 0) is 0 Å². The Morgan fingerprint density at radius 1 is 1.10 bits per heavy atom. The fraction of sp³-hybridized carbons (Fsp3) is 0.526. The van der Waals surface area contributed by atoms with Crippen molar-refractivity contribution in [1.29, 1.82) is 0 Å². The average molecular weight is 287 g/mol. The maximum atomic E-state index is 2.45. The van der Waals surface area contributed by atoms with E-state index in [1.54, 1.807) is 0 Å². The molecule has 0 unspecified atom stereocenters. The first-order valence-electron chi connectivity index (χ1n) is 8.20. The highest BCUT2D eigenvalue weighted by molar-refractivity contribution is 5.85. The molecular formula is C19H31N2+. The van der Waals surface area contributed by atoms with Gasteiger partial charge in [0.05, 0.1) is 0 Å². The van der Waals surface area contributed by atoms with Crippen LogP contribution in [0.2, 0.25) is 0 Å². The van der Waals surface area contributed by atoms with Gasteiger partial charge in [0, 0.05) is 18.7 Å². The van der Waals surface area contributed by atoms with Crippen LogP contribution in [0.25, 0.3) is 0 Å². The van der Waals surface area contributed by atoms with Crippen molar-refractivity contribution in [3.8, 4) is 0 Å². The zero-order valence-corrected chi connectivity index (χ0v) is 14.2. The minimum absolute atomic E-state index is 1.17. The predicted octanol–water partition coefficient (Wildman–Crippen LogP) is 4.17. The van der Waals surface area contributed by atoms with Gasteiger partial charge >= 0.3 is 0 Å². The normalized spacial score (nSPS) is 15.8. The average Bonchev–Trinajstić information content (AvgIpc) is 2.87. The van der Waals surface area contributed by atoms with E-state index in [0.717, 1.165) is 0 Å². The molecule has 0 spiro atoms. The molecular weight excluding hydrogens is 256 g/mol. The summed E-state index contributed by atoms with van der Waals surface area (Å²) in [6, 6.07) is 0. The Bertz CT molecular complexity index is 438. The van der Waals surface area contributed by atoms with Gasteiger partial charge in [0.25, 0.3) is 0 Å². The van der Waals surface area contributed by atoms with Gasteiger partial charge in [-0.2, -0.15) is 0 Å². The summed E-state index contributed by atoms with van der Waals surface area (Å²) < 4.78 is 2.09. The molecule has 0 saturated heterocycles. The Labute approximate surface area is 130 Å². The van der Waals surface area contributed by atoms with Crippen molar-refractivity contribution in [3.63, 3.8) is 0 Å². The lowest BCUT2D eigenvalue weighted by atomic mass is 10.1. The zero-order valence-electron chi connectivity index (χ0n) is 14.2. The van der Waals surface area contributed by atoms with E-state index in [2.05, 4.69) is 80.2 Å². The molecule has 0 aromatic rings. The quantitative estimate of drug-likeness (QED) is 0.456. The molecule has 2 heteroatoms. The Morgan fingerprint density at radius 3 is 2.33 bits per heavy atom. The van der Waals surface area contributed by atoms with E-state index in [0.29, 0.717) is 0 Å². The Hall–Kier alpha value is -1.57. The number of hydrogen-bond acceptors (Lipinski definition) is 1. The van der Waals surface area contributed by atoms with Crippen molar-refractivity contribution in [2.75, 3.05) is 27.2 Å². The standard InChI is InChI=1S/C19H31N2/c1-5-7-14-21(15-8-6-2)16-10-13-18-11-9-12-19(18)17-20(3)4/h9-13,16-17H,5-8,14-15H2,1-4H3/q+1. The molecule has 21 heavy (non-hydrogen) atoms. The Kier molecular flexibility index (Phi) is 8.49. The van der Waals surface area contributed by atoms with Crippen LogP contribution in [0.4, 0.5) is 0 Å². The molecule has 0 N–H and O–H groups in total. The number of unbranched alkanes of at least 4 members (excludes halogenated alkanes) is 2. The molecule has 1 aliphatic carbocycles. The van der Waals surface area contributed by atoms with Gasteiger partial charge in [-0.3, -0.25) is 0 Å². The van der Waals surface area contributed by atoms with Crippen LogP contribution in [0.1, 0.15) is 39.5 Å². The molecule has 0 radical (unpaired) electrons. The largest absolute Gasteiger partial charge is 0.377 e. The second-order valence-electron chi connectivity index (χ2n) is 5.78. The molecule has 0 aliphatic heterocycles. The molecule has 0 bridgehead atoms. The van der Waals surface area contributed by atoms with Gasteiger partial charge in [-0.05, 0) is 36.8 Å². The van der Waals surface area contributed by atoms with Gasteiger partial charge in [-0.15, -0.1) is 0 Å². The Morgan fingerprint density at radius 2 is 1.76 bits per heavy atom. The first-order chi connectivity index (χ1) is 10.2. The molecule has 0 atom stereocenters. The third kappa shape index (κ3) is 7.12. The van der Waals surface area contributed by atoms with E-state index in [9.17, 15) is 0 Å². The summed E-state index contributed by atoms with van der Waals surface area (Å²) in [5.74, 6) is 0. The van der Waals surface area contributed by atoms with E-state index < -0.39 is 0 Å². The van der Waals surface area contributed by atoms with E-state index >= 15 is 0 Å². The second kappa shape index (κ2) is 10.2. The maximum absolute atomic E-state index is 2.45. The number of rotatable bonds is 9. The third-order valence-corrected chi connectivity index (χ3v) is 3.45. The third-order valence-electron chi connectivity index (χ3n) is 3.45. The van der Waals surface area contributed by atoms with E-state index in [1.165, 1.54) is 49.9 Å². The second-order valence-corrected chi connectivity index (χ2v) is 5.78.